The summed E-state index contributed by atoms with van der Waals surface area (Å²) in [5.74, 6) is 1.03. The van der Waals surface area contributed by atoms with Gasteiger partial charge in [-0.2, -0.15) is 0 Å². The van der Waals surface area contributed by atoms with Crippen molar-refractivity contribution in [3.8, 4) is 0 Å². The Balaban J connectivity index is 1.95. The maximum absolute atomic E-state index is 11.4. The molecule has 2 unspecified atom stereocenters. The molecule has 20 heavy (non-hydrogen) atoms. The molecular weight excluding hydrogens is 274 g/mol. The molecule has 2 aliphatic rings. The first-order valence-electron chi connectivity index (χ1n) is 7.97. The normalized spacial score (nSPS) is 30.8. The van der Waals surface area contributed by atoms with E-state index in [2.05, 4.69) is 12.2 Å². The SMILES string of the molecule is CCCNCC1(CCCS(C)(=O)=O)CCOC1C1CC1. The maximum Gasteiger partial charge on any atom is 0.147 e. The molecule has 0 radical (unpaired) electrons. The van der Waals surface area contributed by atoms with E-state index < -0.39 is 9.84 Å². The lowest BCUT2D eigenvalue weighted by atomic mass is 9.75. The van der Waals surface area contributed by atoms with Crippen molar-refractivity contribution >= 4 is 9.84 Å². The van der Waals surface area contributed by atoms with Crippen molar-refractivity contribution in [3.05, 3.63) is 0 Å². The predicted molar refractivity (Wildman–Crippen MR) is 81.6 cm³/mol. The fourth-order valence-corrected chi connectivity index (χ4v) is 4.16. The molecule has 0 aromatic rings. The second kappa shape index (κ2) is 6.75. The third-order valence-corrected chi connectivity index (χ3v) is 5.67. The number of hydrogen-bond donors (Lipinski definition) is 1. The Kier molecular flexibility index (Phi) is 5.49. The molecule has 1 aliphatic carbocycles. The molecule has 0 spiro atoms. The summed E-state index contributed by atoms with van der Waals surface area (Å²) in [7, 11) is -2.85. The van der Waals surface area contributed by atoms with Crippen LogP contribution in [0.2, 0.25) is 0 Å². The summed E-state index contributed by atoms with van der Waals surface area (Å²) in [6.45, 7) is 5.03. The fraction of sp³-hybridized carbons (Fsp3) is 1.00. The third kappa shape index (κ3) is 4.43. The Labute approximate surface area is 123 Å². The molecule has 4 nitrogen and oxygen atoms in total. The van der Waals surface area contributed by atoms with Crippen LogP contribution in [-0.4, -0.2) is 46.2 Å². The lowest BCUT2D eigenvalue weighted by Gasteiger charge is -2.35. The van der Waals surface area contributed by atoms with Gasteiger partial charge in [0.25, 0.3) is 0 Å². The molecule has 1 heterocycles. The van der Waals surface area contributed by atoms with E-state index in [0.717, 1.165) is 51.3 Å². The minimum Gasteiger partial charge on any atom is -0.377 e. The minimum absolute atomic E-state index is 0.168. The third-order valence-electron chi connectivity index (χ3n) is 4.64. The van der Waals surface area contributed by atoms with Crippen LogP contribution in [0.5, 0.6) is 0 Å². The molecule has 1 N–H and O–H groups in total. The molecule has 0 bridgehead atoms. The van der Waals surface area contributed by atoms with Crippen molar-refractivity contribution in [2.24, 2.45) is 11.3 Å². The summed E-state index contributed by atoms with van der Waals surface area (Å²) < 4.78 is 28.7. The number of rotatable bonds is 9. The number of ether oxygens (including phenoxy) is 1. The van der Waals surface area contributed by atoms with E-state index in [1.54, 1.807) is 0 Å². The Bertz CT molecular complexity index is 405. The quantitative estimate of drug-likeness (QED) is 0.662. The highest BCUT2D eigenvalue weighted by Crippen LogP contribution is 2.49. The van der Waals surface area contributed by atoms with E-state index in [9.17, 15) is 8.42 Å². The van der Waals surface area contributed by atoms with Crippen LogP contribution in [0.15, 0.2) is 0 Å². The molecule has 0 aromatic carbocycles. The van der Waals surface area contributed by atoms with E-state index in [1.165, 1.54) is 19.1 Å². The van der Waals surface area contributed by atoms with Gasteiger partial charge in [0.05, 0.1) is 6.10 Å². The average molecular weight is 303 g/mol. The molecule has 118 valence electrons. The van der Waals surface area contributed by atoms with Gasteiger partial charge in [-0.3, -0.25) is 0 Å². The summed E-state index contributed by atoms with van der Waals surface area (Å²) in [5.41, 5.74) is 0.168. The van der Waals surface area contributed by atoms with E-state index in [0.29, 0.717) is 11.9 Å². The first-order valence-corrected chi connectivity index (χ1v) is 10.0. The van der Waals surface area contributed by atoms with Gasteiger partial charge in [0, 0.05) is 30.6 Å². The van der Waals surface area contributed by atoms with E-state index in [-0.39, 0.29) is 5.41 Å². The second-order valence-corrected chi connectivity index (χ2v) is 8.91. The van der Waals surface area contributed by atoms with Crippen LogP contribution in [0.1, 0.15) is 45.4 Å². The van der Waals surface area contributed by atoms with Crippen LogP contribution in [0.4, 0.5) is 0 Å². The van der Waals surface area contributed by atoms with Gasteiger partial charge in [0.1, 0.15) is 9.84 Å². The van der Waals surface area contributed by atoms with Gasteiger partial charge < -0.3 is 10.1 Å². The van der Waals surface area contributed by atoms with Gasteiger partial charge in [-0.15, -0.1) is 0 Å². The topological polar surface area (TPSA) is 55.4 Å². The predicted octanol–water partition coefficient (Wildman–Crippen LogP) is 2.00. The lowest BCUT2D eigenvalue weighted by Crippen LogP contribution is -2.42. The van der Waals surface area contributed by atoms with Crippen LogP contribution in [-0.2, 0) is 14.6 Å². The highest BCUT2D eigenvalue weighted by Gasteiger charge is 2.50. The Morgan fingerprint density at radius 1 is 1.35 bits per heavy atom. The molecule has 0 amide bonds. The first-order chi connectivity index (χ1) is 9.47. The van der Waals surface area contributed by atoms with E-state index >= 15 is 0 Å². The molecule has 2 fully saturated rings. The smallest absolute Gasteiger partial charge is 0.147 e. The van der Waals surface area contributed by atoms with Gasteiger partial charge in [-0.05, 0) is 51.0 Å². The summed E-state index contributed by atoms with van der Waals surface area (Å²) in [6.07, 6.45) is 8.20. The van der Waals surface area contributed by atoms with Gasteiger partial charge in [0.2, 0.25) is 0 Å². The fourth-order valence-electron chi connectivity index (χ4n) is 3.49. The zero-order chi connectivity index (χ0) is 14.6. The molecule has 0 aromatic heterocycles. The number of sulfone groups is 1. The molecule has 2 rings (SSSR count). The molecular formula is C15H29NO3S. The van der Waals surface area contributed by atoms with Crippen molar-refractivity contribution in [1.29, 1.82) is 0 Å². The average Bonchev–Trinajstić information content (AvgIpc) is 3.11. The lowest BCUT2D eigenvalue weighted by molar-refractivity contribution is 0.0263. The van der Waals surface area contributed by atoms with Gasteiger partial charge in [-0.1, -0.05) is 6.92 Å². The molecule has 1 saturated carbocycles. The van der Waals surface area contributed by atoms with Crippen molar-refractivity contribution in [2.45, 2.75) is 51.6 Å². The highest BCUT2D eigenvalue weighted by atomic mass is 32.2. The zero-order valence-electron chi connectivity index (χ0n) is 12.9. The van der Waals surface area contributed by atoms with Gasteiger partial charge in [0.15, 0.2) is 0 Å². The van der Waals surface area contributed by atoms with Gasteiger partial charge >= 0.3 is 0 Å². The van der Waals surface area contributed by atoms with Crippen molar-refractivity contribution in [2.75, 3.05) is 31.7 Å². The van der Waals surface area contributed by atoms with Crippen molar-refractivity contribution in [3.63, 3.8) is 0 Å². The van der Waals surface area contributed by atoms with Crippen LogP contribution < -0.4 is 5.32 Å². The summed E-state index contributed by atoms with van der Waals surface area (Å²) in [5, 5.41) is 3.55. The maximum atomic E-state index is 11.4. The summed E-state index contributed by atoms with van der Waals surface area (Å²) in [4.78, 5) is 0. The van der Waals surface area contributed by atoms with E-state index in [1.807, 2.05) is 0 Å². The Hall–Kier alpha value is -0.130. The summed E-state index contributed by atoms with van der Waals surface area (Å²) >= 11 is 0. The first kappa shape index (κ1) is 16.2. The van der Waals surface area contributed by atoms with Crippen LogP contribution in [0.25, 0.3) is 0 Å². The monoisotopic (exact) mass is 303 g/mol. The minimum atomic E-state index is -2.85. The van der Waals surface area contributed by atoms with Gasteiger partial charge in [-0.25, -0.2) is 8.42 Å². The highest BCUT2D eigenvalue weighted by molar-refractivity contribution is 7.90. The van der Waals surface area contributed by atoms with Crippen molar-refractivity contribution < 1.29 is 13.2 Å². The Morgan fingerprint density at radius 2 is 2.10 bits per heavy atom. The molecule has 2 atom stereocenters. The van der Waals surface area contributed by atoms with Crippen molar-refractivity contribution in [1.82, 2.24) is 5.32 Å². The second-order valence-electron chi connectivity index (χ2n) is 6.65. The van der Waals surface area contributed by atoms with Crippen LogP contribution >= 0.6 is 0 Å². The molecule has 1 saturated heterocycles. The van der Waals surface area contributed by atoms with E-state index in [4.69, 9.17) is 4.74 Å². The number of hydrogen-bond acceptors (Lipinski definition) is 4. The number of nitrogens with one attached hydrogen (secondary N) is 1. The molecule has 1 aliphatic heterocycles. The summed E-state index contributed by atoms with van der Waals surface area (Å²) in [6, 6.07) is 0. The molecule has 5 heteroatoms. The van der Waals surface area contributed by atoms with Crippen LogP contribution in [0.3, 0.4) is 0 Å². The van der Waals surface area contributed by atoms with Crippen LogP contribution in [0, 0.1) is 11.3 Å². The standard InChI is InChI=1S/C15H29NO3S/c1-3-9-16-12-15(7-4-11-20(2,17)18)8-10-19-14(15)13-5-6-13/h13-14,16H,3-12H2,1-2H3. The zero-order valence-corrected chi connectivity index (χ0v) is 13.7. The largest absolute Gasteiger partial charge is 0.377 e. The Morgan fingerprint density at radius 3 is 2.70 bits per heavy atom.